The van der Waals surface area contributed by atoms with Gasteiger partial charge in [0.25, 0.3) is 5.52 Å². The first kappa shape index (κ1) is 20.8. The van der Waals surface area contributed by atoms with Gasteiger partial charge in [-0.05, 0) is 35.0 Å². The zero-order chi connectivity index (χ0) is 20.4. The molecule has 0 atom stereocenters. The third kappa shape index (κ3) is 3.56. The van der Waals surface area contributed by atoms with Crippen LogP contribution in [0.3, 0.4) is 0 Å². The van der Waals surface area contributed by atoms with E-state index in [9.17, 15) is 4.91 Å². The van der Waals surface area contributed by atoms with E-state index in [4.69, 9.17) is 18.6 Å². The van der Waals surface area contributed by atoms with Gasteiger partial charge in [-0.3, -0.25) is 0 Å². The van der Waals surface area contributed by atoms with Crippen LogP contribution in [0.15, 0.2) is 64.3 Å². The number of methoxy groups -OCH3 is 3. The molecule has 0 saturated heterocycles. The van der Waals surface area contributed by atoms with Crippen molar-refractivity contribution < 1.29 is 29.1 Å². The molecule has 0 saturated carbocycles. The van der Waals surface area contributed by atoms with Crippen LogP contribution in [0, 0.1) is 4.91 Å². The molecule has 0 bridgehead atoms. The molecule has 2 aromatic carbocycles. The third-order valence-corrected chi connectivity index (χ3v) is 4.70. The normalized spacial score (nSPS) is 10.4. The Bertz CT molecular complexity index is 1160. The minimum absolute atomic E-state index is 0. The Hall–Kier alpha value is -3.91. The summed E-state index contributed by atoms with van der Waals surface area (Å²) in [6.07, 6.45) is 1.85. The highest BCUT2D eigenvalue weighted by atomic mass is 16.5. The van der Waals surface area contributed by atoms with Gasteiger partial charge in [-0.25, -0.2) is 4.98 Å². The summed E-state index contributed by atoms with van der Waals surface area (Å²) in [5.41, 5.74) is 4.52. The minimum Gasteiger partial charge on any atom is -0.870 e. The monoisotopic (exact) mass is 408 g/mol. The number of ether oxygens (including phenoxy) is 3. The Kier molecular flexibility index (Phi) is 5.98. The molecule has 0 aliphatic heterocycles. The van der Waals surface area contributed by atoms with Crippen LogP contribution in [0.25, 0.3) is 33.6 Å². The van der Waals surface area contributed by atoms with E-state index in [1.165, 1.54) is 0 Å². The van der Waals surface area contributed by atoms with Crippen molar-refractivity contribution in [3.05, 3.63) is 59.6 Å². The maximum atomic E-state index is 10.7. The molecule has 0 spiro atoms. The molecule has 0 amide bonds. The van der Waals surface area contributed by atoms with E-state index >= 15 is 0 Å². The number of aromatic nitrogens is 1. The smallest absolute Gasteiger partial charge is 0.251 e. The first-order chi connectivity index (χ1) is 14.2. The van der Waals surface area contributed by atoms with Gasteiger partial charge in [0.2, 0.25) is 11.3 Å². The van der Waals surface area contributed by atoms with E-state index in [1.807, 2.05) is 42.6 Å². The van der Waals surface area contributed by atoms with Crippen molar-refractivity contribution in [3.63, 3.8) is 0 Å². The molecule has 8 heteroatoms. The maximum absolute atomic E-state index is 10.7. The summed E-state index contributed by atoms with van der Waals surface area (Å²) in [4.78, 5) is 13.9. The Labute approximate surface area is 172 Å². The predicted octanol–water partition coefficient (Wildman–Crippen LogP) is 4.83. The van der Waals surface area contributed by atoms with Gasteiger partial charge in [0, 0.05) is 17.2 Å². The molecule has 2 heterocycles. The van der Waals surface area contributed by atoms with Crippen LogP contribution in [0.5, 0.6) is 17.2 Å². The van der Waals surface area contributed by atoms with Crippen LogP contribution in [-0.2, 0) is 0 Å². The number of furan rings is 1. The molecule has 154 valence electrons. The maximum Gasteiger partial charge on any atom is 0.251 e. The molecule has 0 fully saturated rings. The van der Waals surface area contributed by atoms with Crippen LogP contribution in [-0.4, -0.2) is 26.8 Å². The lowest BCUT2D eigenvalue weighted by atomic mass is 10.1. The summed E-state index contributed by atoms with van der Waals surface area (Å²) >= 11 is 0. The van der Waals surface area contributed by atoms with Gasteiger partial charge >= 0.3 is 0 Å². The Morgan fingerprint density at radius 2 is 1.53 bits per heavy atom. The van der Waals surface area contributed by atoms with E-state index < -0.39 is 0 Å². The largest absolute Gasteiger partial charge is 0.870 e. The standard InChI is InChI=1S/C22H18N2O5.H2O/c1-26-19-10-14(11-20(27-2)22(19)28-3)18-12-17-21(29-18)16(8-9-23-17)13-4-6-15(24-25)7-5-13;/h4-12H,1-3H3;1H2. The summed E-state index contributed by atoms with van der Waals surface area (Å²) in [6, 6.07) is 14.5. The Morgan fingerprint density at radius 1 is 0.867 bits per heavy atom. The van der Waals surface area contributed by atoms with Crippen molar-refractivity contribution in [1.82, 2.24) is 0 Å². The molecule has 0 radical (unpaired) electrons. The fourth-order valence-corrected chi connectivity index (χ4v) is 3.28. The third-order valence-electron chi connectivity index (χ3n) is 4.70. The molecular weight excluding hydrogens is 388 g/mol. The molecule has 4 aromatic rings. The number of nitrogens with one attached hydrogen (secondary N) is 1. The second-order valence-corrected chi connectivity index (χ2v) is 6.30. The molecule has 30 heavy (non-hydrogen) atoms. The van der Waals surface area contributed by atoms with Crippen molar-refractivity contribution in [2.45, 2.75) is 0 Å². The lowest BCUT2D eigenvalue weighted by Gasteiger charge is -2.13. The SMILES string of the molecule is COc1cc(-c2cc3[nH+]ccc(-c4ccc(N=O)cc4)c3o2)cc(OC)c1OC.[OH-]. The first-order valence-electron chi connectivity index (χ1n) is 8.87. The molecule has 0 unspecified atom stereocenters. The summed E-state index contributed by atoms with van der Waals surface area (Å²) in [7, 11) is 4.71. The topological polar surface area (TPSA) is 114 Å². The average Bonchev–Trinajstić information content (AvgIpc) is 3.22. The average molecular weight is 408 g/mol. The van der Waals surface area contributed by atoms with E-state index in [2.05, 4.69) is 10.2 Å². The number of rotatable bonds is 6. The number of aromatic amines is 1. The minimum atomic E-state index is 0. The van der Waals surface area contributed by atoms with Crippen LogP contribution < -0.4 is 19.2 Å². The first-order valence-corrected chi connectivity index (χ1v) is 8.87. The molecule has 0 aliphatic carbocycles. The van der Waals surface area contributed by atoms with E-state index in [0.717, 1.165) is 22.2 Å². The molecule has 4 rings (SSSR count). The number of hydrogen-bond acceptors (Lipinski definition) is 7. The van der Waals surface area contributed by atoms with Gasteiger partial charge in [-0.1, -0.05) is 12.1 Å². The van der Waals surface area contributed by atoms with Gasteiger partial charge in [0.15, 0.2) is 17.7 Å². The number of nitroso groups, excluding NO2 is 1. The van der Waals surface area contributed by atoms with Crippen LogP contribution >= 0.6 is 0 Å². The van der Waals surface area contributed by atoms with Crippen molar-refractivity contribution >= 4 is 16.8 Å². The number of H-pyrrole nitrogens is 1. The van der Waals surface area contributed by atoms with Crippen molar-refractivity contribution in [3.8, 4) is 39.7 Å². The van der Waals surface area contributed by atoms with Gasteiger partial charge in [-0.15, -0.1) is 4.91 Å². The quantitative estimate of drug-likeness (QED) is 0.422. The summed E-state index contributed by atoms with van der Waals surface area (Å²) in [5.74, 6) is 2.26. The van der Waals surface area contributed by atoms with Gasteiger partial charge in [0.05, 0.1) is 27.4 Å². The van der Waals surface area contributed by atoms with Crippen LogP contribution in [0.2, 0.25) is 0 Å². The number of fused-ring (bicyclic) bond motifs is 1. The predicted molar refractivity (Wildman–Crippen MR) is 111 cm³/mol. The van der Waals surface area contributed by atoms with Gasteiger partial charge in [-0.2, -0.15) is 0 Å². The van der Waals surface area contributed by atoms with E-state index in [-0.39, 0.29) is 5.48 Å². The van der Waals surface area contributed by atoms with Crippen LogP contribution in [0.1, 0.15) is 0 Å². The molecule has 8 nitrogen and oxygen atoms in total. The fourth-order valence-electron chi connectivity index (χ4n) is 3.28. The zero-order valence-corrected chi connectivity index (χ0v) is 16.6. The van der Waals surface area contributed by atoms with Gasteiger partial charge in [0.1, 0.15) is 11.4 Å². The summed E-state index contributed by atoms with van der Waals surface area (Å²) in [5, 5.41) is 2.94. The number of nitrogens with zero attached hydrogens (tertiary/aromatic N) is 1. The second kappa shape index (κ2) is 8.62. The Morgan fingerprint density at radius 3 is 2.10 bits per heavy atom. The Balaban J connectivity index is 0.00000256. The van der Waals surface area contributed by atoms with Gasteiger partial charge < -0.3 is 24.1 Å². The highest BCUT2D eigenvalue weighted by Gasteiger charge is 2.20. The molecule has 2 aromatic heterocycles. The van der Waals surface area contributed by atoms with Crippen molar-refractivity contribution in [2.75, 3.05) is 21.3 Å². The number of hydrogen-bond donors (Lipinski definition) is 0. The lowest BCUT2D eigenvalue weighted by Crippen LogP contribution is -2.00. The highest BCUT2D eigenvalue weighted by Crippen LogP contribution is 2.42. The summed E-state index contributed by atoms with van der Waals surface area (Å²) in [6.45, 7) is 0. The van der Waals surface area contributed by atoms with Crippen molar-refractivity contribution in [2.24, 2.45) is 5.18 Å². The molecule has 2 N–H and O–H groups in total. The summed E-state index contributed by atoms with van der Waals surface area (Å²) < 4.78 is 22.5. The zero-order valence-electron chi connectivity index (χ0n) is 16.6. The lowest BCUT2D eigenvalue weighted by molar-refractivity contribution is -0.344. The number of benzene rings is 2. The number of pyridine rings is 1. The van der Waals surface area contributed by atoms with Crippen LogP contribution in [0.4, 0.5) is 5.69 Å². The van der Waals surface area contributed by atoms with E-state index in [1.54, 1.807) is 33.5 Å². The highest BCUT2D eigenvalue weighted by molar-refractivity contribution is 5.91. The molecule has 0 aliphatic rings. The van der Waals surface area contributed by atoms with Crippen molar-refractivity contribution in [1.29, 1.82) is 0 Å². The van der Waals surface area contributed by atoms with E-state index in [0.29, 0.717) is 34.3 Å². The second-order valence-electron chi connectivity index (χ2n) is 6.30. The fraction of sp³-hybridized carbons (Fsp3) is 0.136. The molecular formula is C22H20N2O6.